The number of amides is 1. The zero-order chi connectivity index (χ0) is 14.8. The topological polar surface area (TPSA) is 41.1 Å². The van der Waals surface area contributed by atoms with Crippen LogP contribution in [0.25, 0.3) is 0 Å². The zero-order valence-corrected chi connectivity index (χ0v) is 13.2. The molecule has 1 amide bonds. The summed E-state index contributed by atoms with van der Waals surface area (Å²) in [5, 5.41) is 8.67. The Hall–Kier alpha value is -1.81. The van der Waals surface area contributed by atoms with Gasteiger partial charge in [0, 0.05) is 23.2 Å². The van der Waals surface area contributed by atoms with Gasteiger partial charge in [-0.1, -0.05) is 12.1 Å². The lowest BCUT2D eigenvalue weighted by atomic mass is 10.1. The predicted octanol–water partition coefficient (Wildman–Crippen LogP) is 4.58. The normalized spacial score (nSPS) is 15.5. The van der Waals surface area contributed by atoms with E-state index >= 15 is 0 Å². The fraction of sp³-hybridized carbons (Fsp3) is 0.353. The second-order valence-corrected chi connectivity index (χ2v) is 6.67. The Labute approximate surface area is 129 Å². The quantitative estimate of drug-likeness (QED) is 0.848. The largest absolute Gasteiger partial charge is 0.377 e. The van der Waals surface area contributed by atoms with Gasteiger partial charge in [0.1, 0.15) is 0 Å². The lowest BCUT2D eigenvalue weighted by Crippen LogP contribution is -2.13. The van der Waals surface area contributed by atoms with Gasteiger partial charge in [-0.15, -0.1) is 11.3 Å². The van der Waals surface area contributed by atoms with Crippen LogP contribution in [0.2, 0.25) is 0 Å². The van der Waals surface area contributed by atoms with Gasteiger partial charge in [-0.3, -0.25) is 4.79 Å². The minimum atomic E-state index is -0.0400. The van der Waals surface area contributed by atoms with E-state index in [1.54, 1.807) is 0 Å². The Morgan fingerprint density at radius 3 is 2.76 bits per heavy atom. The summed E-state index contributed by atoms with van der Waals surface area (Å²) < 4.78 is 0. The molecule has 1 aromatic carbocycles. The van der Waals surface area contributed by atoms with E-state index in [4.69, 9.17) is 0 Å². The van der Waals surface area contributed by atoms with Crippen LogP contribution in [0.1, 0.15) is 36.2 Å². The van der Waals surface area contributed by atoms with Crippen molar-refractivity contribution in [2.75, 3.05) is 10.6 Å². The third kappa shape index (κ3) is 3.45. The molecule has 1 aliphatic rings. The minimum Gasteiger partial charge on any atom is -0.377 e. The number of hydrogen-bond donors (Lipinski definition) is 2. The van der Waals surface area contributed by atoms with Crippen molar-refractivity contribution in [1.29, 1.82) is 0 Å². The number of thiophene rings is 1. The average molecular weight is 300 g/mol. The summed E-state index contributed by atoms with van der Waals surface area (Å²) in [6.45, 7) is 3.63. The number of aryl methyl sites for hydroxylation is 1. The summed E-state index contributed by atoms with van der Waals surface area (Å²) in [6.07, 6.45) is 2.58. The second kappa shape index (κ2) is 5.90. The highest BCUT2D eigenvalue weighted by atomic mass is 32.1. The summed E-state index contributed by atoms with van der Waals surface area (Å²) >= 11 is 1.81. The molecule has 1 fully saturated rings. The molecule has 21 heavy (non-hydrogen) atoms. The van der Waals surface area contributed by atoms with Gasteiger partial charge in [-0.05, 0) is 54.8 Å². The molecule has 2 N–H and O–H groups in total. The van der Waals surface area contributed by atoms with Crippen molar-refractivity contribution in [3.63, 3.8) is 0 Å². The summed E-state index contributed by atoms with van der Waals surface area (Å²) in [4.78, 5) is 12.6. The minimum absolute atomic E-state index is 0.0400. The maximum Gasteiger partial charge on any atom is 0.221 e. The van der Waals surface area contributed by atoms with Crippen molar-refractivity contribution in [1.82, 2.24) is 0 Å². The standard InChI is InChI=1S/C17H20N2OS/c1-11-5-8-14(18-12(2)20)10-15(11)19-17(13-6-7-13)16-4-3-9-21-16/h3-5,8-10,13,17,19H,6-7H2,1-2H3,(H,18,20). The van der Waals surface area contributed by atoms with E-state index in [9.17, 15) is 4.79 Å². The van der Waals surface area contributed by atoms with Crippen molar-refractivity contribution in [3.8, 4) is 0 Å². The molecule has 1 aliphatic carbocycles. The maximum atomic E-state index is 11.2. The van der Waals surface area contributed by atoms with Crippen LogP contribution < -0.4 is 10.6 Å². The molecule has 2 aromatic rings. The first kappa shape index (κ1) is 14.1. The van der Waals surface area contributed by atoms with E-state index in [0.29, 0.717) is 6.04 Å². The van der Waals surface area contributed by atoms with E-state index in [2.05, 4.69) is 35.1 Å². The van der Waals surface area contributed by atoms with Crippen LogP contribution >= 0.6 is 11.3 Å². The Morgan fingerprint density at radius 2 is 2.14 bits per heavy atom. The SMILES string of the molecule is CC(=O)Nc1ccc(C)c(NC(c2cccs2)C2CC2)c1. The zero-order valence-electron chi connectivity index (χ0n) is 12.3. The number of carbonyl (C=O) groups is 1. The number of rotatable bonds is 5. The number of anilines is 2. The van der Waals surface area contributed by atoms with Gasteiger partial charge in [0.05, 0.1) is 6.04 Å². The molecule has 0 aliphatic heterocycles. The molecule has 1 aromatic heterocycles. The lowest BCUT2D eigenvalue weighted by Gasteiger charge is -2.20. The Kier molecular flexibility index (Phi) is 3.97. The summed E-state index contributed by atoms with van der Waals surface area (Å²) in [5.41, 5.74) is 3.15. The molecule has 0 spiro atoms. The molecule has 1 atom stereocenters. The van der Waals surface area contributed by atoms with Crippen LogP contribution in [0, 0.1) is 12.8 Å². The first-order valence-corrected chi connectivity index (χ1v) is 8.19. The number of nitrogens with one attached hydrogen (secondary N) is 2. The van der Waals surface area contributed by atoms with Crippen LogP contribution in [-0.4, -0.2) is 5.91 Å². The smallest absolute Gasteiger partial charge is 0.221 e. The van der Waals surface area contributed by atoms with E-state index in [0.717, 1.165) is 17.3 Å². The fourth-order valence-electron chi connectivity index (χ4n) is 2.55. The van der Waals surface area contributed by atoms with Crippen LogP contribution in [0.15, 0.2) is 35.7 Å². The first-order valence-electron chi connectivity index (χ1n) is 7.31. The van der Waals surface area contributed by atoms with Gasteiger partial charge >= 0.3 is 0 Å². The predicted molar refractivity (Wildman–Crippen MR) is 88.9 cm³/mol. The molecular weight excluding hydrogens is 280 g/mol. The van der Waals surface area contributed by atoms with Crippen LogP contribution in [-0.2, 0) is 4.79 Å². The first-order chi connectivity index (χ1) is 10.1. The van der Waals surface area contributed by atoms with Crippen LogP contribution in [0.3, 0.4) is 0 Å². The van der Waals surface area contributed by atoms with E-state index < -0.39 is 0 Å². The second-order valence-electron chi connectivity index (χ2n) is 5.69. The van der Waals surface area contributed by atoms with Gasteiger partial charge in [-0.2, -0.15) is 0 Å². The molecule has 4 heteroatoms. The third-order valence-corrected chi connectivity index (χ3v) is 4.77. The summed E-state index contributed by atoms with van der Waals surface area (Å²) in [7, 11) is 0. The highest BCUT2D eigenvalue weighted by Gasteiger charge is 2.33. The monoisotopic (exact) mass is 300 g/mol. The van der Waals surface area contributed by atoms with Gasteiger partial charge in [0.15, 0.2) is 0 Å². The van der Waals surface area contributed by atoms with Crippen molar-refractivity contribution in [3.05, 3.63) is 46.2 Å². The molecule has 1 saturated carbocycles. The van der Waals surface area contributed by atoms with E-state index in [-0.39, 0.29) is 5.91 Å². The Balaban J connectivity index is 1.83. The van der Waals surface area contributed by atoms with Gasteiger partial charge in [0.25, 0.3) is 0 Å². The molecule has 1 heterocycles. The lowest BCUT2D eigenvalue weighted by molar-refractivity contribution is -0.114. The van der Waals surface area contributed by atoms with Gasteiger partial charge in [0.2, 0.25) is 5.91 Å². The fourth-order valence-corrected chi connectivity index (χ4v) is 3.41. The molecule has 0 radical (unpaired) electrons. The van der Waals surface area contributed by atoms with Gasteiger partial charge in [-0.25, -0.2) is 0 Å². The Morgan fingerprint density at radius 1 is 1.33 bits per heavy atom. The molecule has 3 rings (SSSR count). The molecule has 0 bridgehead atoms. The van der Waals surface area contributed by atoms with Crippen molar-refractivity contribution < 1.29 is 4.79 Å². The molecule has 0 saturated heterocycles. The number of benzene rings is 1. The molecule has 3 nitrogen and oxygen atoms in total. The maximum absolute atomic E-state index is 11.2. The summed E-state index contributed by atoms with van der Waals surface area (Å²) in [6, 6.07) is 10.7. The molecular formula is C17H20N2OS. The highest BCUT2D eigenvalue weighted by molar-refractivity contribution is 7.10. The van der Waals surface area contributed by atoms with Crippen molar-refractivity contribution >= 4 is 28.6 Å². The van der Waals surface area contributed by atoms with Crippen molar-refractivity contribution in [2.45, 2.75) is 32.7 Å². The Bertz CT molecular complexity index is 632. The van der Waals surface area contributed by atoms with Gasteiger partial charge < -0.3 is 10.6 Å². The van der Waals surface area contributed by atoms with E-state index in [1.807, 2.05) is 29.5 Å². The van der Waals surface area contributed by atoms with E-state index in [1.165, 1.54) is 30.2 Å². The molecule has 1 unspecified atom stereocenters. The average Bonchev–Trinajstić information content (AvgIpc) is 3.13. The summed E-state index contributed by atoms with van der Waals surface area (Å²) in [5.74, 6) is 0.689. The van der Waals surface area contributed by atoms with Crippen molar-refractivity contribution in [2.24, 2.45) is 5.92 Å². The van der Waals surface area contributed by atoms with Crippen LogP contribution in [0.4, 0.5) is 11.4 Å². The van der Waals surface area contributed by atoms with Crippen LogP contribution in [0.5, 0.6) is 0 Å². The molecule has 110 valence electrons. The highest BCUT2D eigenvalue weighted by Crippen LogP contribution is 2.44. The third-order valence-electron chi connectivity index (χ3n) is 3.81. The number of carbonyl (C=O) groups excluding carboxylic acids is 1. The number of hydrogen-bond acceptors (Lipinski definition) is 3.